The molecule has 1 unspecified atom stereocenters. The van der Waals surface area contributed by atoms with Gasteiger partial charge in [-0.15, -0.1) is 0 Å². The molecule has 1 atom stereocenters. The van der Waals surface area contributed by atoms with Gasteiger partial charge in [-0.25, -0.2) is 0 Å². The van der Waals surface area contributed by atoms with Gasteiger partial charge in [0.25, 0.3) is 0 Å². The van der Waals surface area contributed by atoms with E-state index in [1.807, 2.05) is 0 Å². The molecule has 1 spiro atoms. The zero-order valence-electron chi connectivity index (χ0n) is 10.7. The minimum atomic E-state index is 0.233. The van der Waals surface area contributed by atoms with Gasteiger partial charge in [0.1, 0.15) is 0 Å². The highest BCUT2D eigenvalue weighted by molar-refractivity contribution is 4.94. The van der Waals surface area contributed by atoms with E-state index in [0.29, 0.717) is 6.10 Å². The third-order valence-corrected chi connectivity index (χ3v) is 4.74. The predicted octanol–water partition coefficient (Wildman–Crippen LogP) is 2.10. The maximum atomic E-state index is 6.15. The molecule has 0 aromatic carbocycles. The van der Waals surface area contributed by atoms with Crippen LogP contribution in [0.3, 0.4) is 0 Å². The van der Waals surface area contributed by atoms with Crippen molar-refractivity contribution in [3.05, 3.63) is 0 Å². The minimum Gasteiger partial charge on any atom is -0.378 e. The number of ether oxygens (including phenoxy) is 2. The fourth-order valence-electron chi connectivity index (χ4n) is 3.37. The molecule has 3 rings (SSSR count). The Morgan fingerprint density at radius 1 is 1.18 bits per heavy atom. The molecule has 3 heteroatoms. The van der Waals surface area contributed by atoms with Gasteiger partial charge in [0.2, 0.25) is 0 Å². The minimum absolute atomic E-state index is 0.233. The molecule has 3 aliphatic rings. The normalized spacial score (nSPS) is 33.5. The second kappa shape index (κ2) is 5.25. The average molecular weight is 239 g/mol. The third kappa shape index (κ3) is 2.83. The van der Waals surface area contributed by atoms with E-state index in [9.17, 15) is 0 Å². The van der Waals surface area contributed by atoms with Gasteiger partial charge in [0, 0.05) is 19.6 Å². The van der Waals surface area contributed by atoms with E-state index in [-0.39, 0.29) is 5.60 Å². The first-order chi connectivity index (χ1) is 8.36. The summed E-state index contributed by atoms with van der Waals surface area (Å²) in [6.07, 6.45) is 9.17. The summed E-state index contributed by atoms with van der Waals surface area (Å²) < 4.78 is 12.1. The zero-order chi connectivity index (χ0) is 11.6. The number of hydrogen-bond donors (Lipinski definition) is 1. The van der Waals surface area contributed by atoms with Crippen molar-refractivity contribution in [1.29, 1.82) is 0 Å². The molecular weight excluding hydrogens is 214 g/mol. The summed E-state index contributed by atoms with van der Waals surface area (Å²) in [4.78, 5) is 0. The largest absolute Gasteiger partial charge is 0.378 e. The van der Waals surface area contributed by atoms with Crippen LogP contribution in [-0.2, 0) is 9.47 Å². The van der Waals surface area contributed by atoms with Crippen LogP contribution in [-0.4, -0.2) is 38.0 Å². The Balaban J connectivity index is 1.41. The molecule has 2 saturated heterocycles. The van der Waals surface area contributed by atoms with Crippen LogP contribution in [0.1, 0.15) is 44.9 Å². The fraction of sp³-hybridized carbons (Fsp3) is 1.00. The predicted molar refractivity (Wildman–Crippen MR) is 67.1 cm³/mol. The molecule has 17 heavy (non-hydrogen) atoms. The van der Waals surface area contributed by atoms with Crippen molar-refractivity contribution in [2.24, 2.45) is 5.92 Å². The van der Waals surface area contributed by atoms with E-state index in [2.05, 4.69) is 5.32 Å². The lowest BCUT2D eigenvalue weighted by atomic mass is 9.74. The summed E-state index contributed by atoms with van der Waals surface area (Å²) in [5, 5.41) is 3.41. The highest BCUT2D eigenvalue weighted by Gasteiger charge is 2.42. The van der Waals surface area contributed by atoms with E-state index in [1.54, 1.807) is 0 Å². The molecule has 2 aliphatic heterocycles. The van der Waals surface area contributed by atoms with Gasteiger partial charge >= 0.3 is 0 Å². The SMILES string of the molecule is C1CC2(C1)CC(OCC1CCNCC1)CCO2. The standard InChI is InChI=1S/C14H25NO2/c1-5-14(6-1)10-13(4-9-17-14)16-11-12-2-7-15-8-3-12/h12-13,15H,1-11H2. The molecule has 0 aromatic rings. The van der Waals surface area contributed by atoms with Crippen LogP contribution in [0.4, 0.5) is 0 Å². The lowest BCUT2D eigenvalue weighted by molar-refractivity contribution is -0.171. The lowest BCUT2D eigenvalue weighted by Gasteiger charge is -2.47. The molecule has 0 aromatic heterocycles. The smallest absolute Gasteiger partial charge is 0.0707 e. The quantitative estimate of drug-likeness (QED) is 0.818. The van der Waals surface area contributed by atoms with Crippen LogP contribution >= 0.6 is 0 Å². The summed E-state index contributed by atoms with van der Waals surface area (Å²) >= 11 is 0. The number of rotatable bonds is 3. The molecule has 2 heterocycles. The maximum Gasteiger partial charge on any atom is 0.0707 e. The monoisotopic (exact) mass is 239 g/mol. The Labute approximate surface area is 104 Å². The van der Waals surface area contributed by atoms with Crippen LogP contribution in [0.5, 0.6) is 0 Å². The highest BCUT2D eigenvalue weighted by Crippen LogP contribution is 2.43. The van der Waals surface area contributed by atoms with Crippen molar-refractivity contribution in [2.45, 2.75) is 56.7 Å². The molecule has 98 valence electrons. The van der Waals surface area contributed by atoms with Crippen molar-refractivity contribution in [2.75, 3.05) is 26.3 Å². The lowest BCUT2D eigenvalue weighted by Crippen LogP contribution is -2.48. The van der Waals surface area contributed by atoms with Crippen LogP contribution in [0.15, 0.2) is 0 Å². The molecule has 1 N–H and O–H groups in total. The van der Waals surface area contributed by atoms with E-state index < -0.39 is 0 Å². The van der Waals surface area contributed by atoms with E-state index in [0.717, 1.165) is 32.0 Å². The summed E-state index contributed by atoms with van der Waals surface area (Å²) in [5.74, 6) is 0.788. The van der Waals surface area contributed by atoms with E-state index >= 15 is 0 Å². The maximum absolute atomic E-state index is 6.15. The molecule has 0 radical (unpaired) electrons. The number of hydrogen-bond acceptors (Lipinski definition) is 3. The van der Waals surface area contributed by atoms with Crippen LogP contribution in [0.2, 0.25) is 0 Å². The van der Waals surface area contributed by atoms with Crippen molar-refractivity contribution >= 4 is 0 Å². The van der Waals surface area contributed by atoms with Crippen molar-refractivity contribution in [3.8, 4) is 0 Å². The van der Waals surface area contributed by atoms with Gasteiger partial charge in [-0.05, 0) is 57.5 Å². The molecule has 1 aliphatic carbocycles. The molecule has 1 saturated carbocycles. The first-order valence-electron chi connectivity index (χ1n) is 7.33. The highest BCUT2D eigenvalue weighted by atomic mass is 16.5. The van der Waals surface area contributed by atoms with Crippen molar-refractivity contribution in [1.82, 2.24) is 5.32 Å². The van der Waals surface area contributed by atoms with Gasteiger partial charge in [-0.2, -0.15) is 0 Å². The zero-order valence-corrected chi connectivity index (χ0v) is 10.7. The summed E-state index contributed by atoms with van der Waals surface area (Å²) in [6.45, 7) is 4.23. The molecule has 3 fully saturated rings. The second-order valence-electron chi connectivity index (χ2n) is 6.03. The van der Waals surface area contributed by atoms with Crippen molar-refractivity contribution in [3.63, 3.8) is 0 Å². The Morgan fingerprint density at radius 2 is 2.00 bits per heavy atom. The van der Waals surface area contributed by atoms with E-state index in [1.165, 1.54) is 45.2 Å². The van der Waals surface area contributed by atoms with Gasteiger partial charge in [0.05, 0.1) is 11.7 Å². The Hall–Kier alpha value is -0.120. The van der Waals surface area contributed by atoms with Gasteiger partial charge in [-0.1, -0.05) is 0 Å². The number of nitrogens with one attached hydrogen (secondary N) is 1. The molecule has 0 amide bonds. The van der Waals surface area contributed by atoms with Crippen LogP contribution in [0.25, 0.3) is 0 Å². The van der Waals surface area contributed by atoms with Gasteiger partial charge in [-0.3, -0.25) is 0 Å². The average Bonchev–Trinajstić information content (AvgIpc) is 2.36. The summed E-state index contributed by atoms with van der Waals surface area (Å²) in [6, 6.07) is 0. The van der Waals surface area contributed by atoms with Gasteiger partial charge < -0.3 is 14.8 Å². The van der Waals surface area contributed by atoms with Crippen LogP contribution in [0, 0.1) is 5.92 Å². The third-order valence-electron chi connectivity index (χ3n) is 4.74. The Kier molecular flexibility index (Phi) is 3.69. The molecule has 0 bridgehead atoms. The summed E-state index contributed by atoms with van der Waals surface area (Å²) in [5.41, 5.74) is 0.233. The number of piperidine rings is 1. The Bertz CT molecular complexity index is 247. The van der Waals surface area contributed by atoms with Crippen molar-refractivity contribution < 1.29 is 9.47 Å². The molecule has 3 nitrogen and oxygen atoms in total. The van der Waals surface area contributed by atoms with E-state index in [4.69, 9.17) is 9.47 Å². The first kappa shape index (κ1) is 11.9. The van der Waals surface area contributed by atoms with Gasteiger partial charge in [0.15, 0.2) is 0 Å². The van der Waals surface area contributed by atoms with Crippen LogP contribution < -0.4 is 5.32 Å². The summed E-state index contributed by atoms with van der Waals surface area (Å²) in [7, 11) is 0. The second-order valence-corrected chi connectivity index (χ2v) is 6.03. The first-order valence-corrected chi connectivity index (χ1v) is 7.33. The Morgan fingerprint density at radius 3 is 2.71 bits per heavy atom. The fourth-order valence-corrected chi connectivity index (χ4v) is 3.37. The molecular formula is C14H25NO2. The topological polar surface area (TPSA) is 30.5 Å².